The van der Waals surface area contributed by atoms with Crippen molar-refractivity contribution in [3.63, 3.8) is 0 Å². The van der Waals surface area contributed by atoms with Crippen LogP contribution in [-0.2, 0) is 21.3 Å². The van der Waals surface area contributed by atoms with Crippen LogP contribution in [0.2, 0.25) is 0 Å². The molecule has 0 radical (unpaired) electrons. The van der Waals surface area contributed by atoms with Gasteiger partial charge < -0.3 is 4.74 Å². The Morgan fingerprint density at radius 1 is 1.11 bits per heavy atom. The summed E-state index contributed by atoms with van der Waals surface area (Å²) in [6.07, 6.45) is 7.55. The molecule has 4 aromatic rings. The lowest BCUT2D eigenvalue weighted by atomic mass is 9.92. The van der Waals surface area contributed by atoms with E-state index in [-0.39, 0.29) is 0 Å². The van der Waals surface area contributed by atoms with E-state index in [1.807, 2.05) is 23.6 Å². The summed E-state index contributed by atoms with van der Waals surface area (Å²) < 4.78 is 32.5. The summed E-state index contributed by atoms with van der Waals surface area (Å²) in [7, 11) is -3.12. The topological polar surface area (TPSA) is 91.4 Å². The molecule has 0 saturated carbocycles. The summed E-state index contributed by atoms with van der Waals surface area (Å²) in [6.45, 7) is 5.07. The zero-order valence-electron chi connectivity index (χ0n) is 21.1. The summed E-state index contributed by atoms with van der Waals surface area (Å²) >= 11 is 1.84. The van der Waals surface area contributed by atoms with Crippen LogP contribution in [0.5, 0.6) is 0 Å². The molecule has 2 fully saturated rings. The van der Waals surface area contributed by atoms with Gasteiger partial charge in [-0.05, 0) is 42.8 Å². The van der Waals surface area contributed by atoms with Gasteiger partial charge in [0.1, 0.15) is 0 Å². The largest absolute Gasteiger partial charge is 0.381 e. The fourth-order valence-electron chi connectivity index (χ4n) is 5.59. The number of ether oxygens (including phenoxy) is 1. The summed E-state index contributed by atoms with van der Waals surface area (Å²) in [5.74, 6) is 0.371. The summed E-state index contributed by atoms with van der Waals surface area (Å²) in [5.41, 5.74) is 4.29. The molecule has 2 saturated heterocycles. The number of hydrogen-bond donors (Lipinski definition) is 1. The smallest absolute Gasteiger partial charge is 0.211 e. The van der Waals surface area contributed by atoms with Gasteiger partial charge in [0, 0.05) is 67.7 Å². The first-order valence-electron chi connectivity index (χ1n) is 13.1. The number of benzene rings is 1. The van der Waals surface area contributed by atoms with Crippen molar-refractivity contribution in [2.24, 2.45) is 0 Å². The number of sulfonamides is 1. The number of pyridine rings is 1. The van der Waals surface area contributed by atoms with E-state index in [1.54, 1.807) is 4.31 Å². The number of nitrogens with zero attached hydrogens (tertiary/aromatic N) is 4. The van der Waals surface area contributed by atoms with Crippen LogP contribution in [0, 0.1) is 0 Å². The third-order valence-corrected chi connectivity index (χ3v) is 10.1. The molecule has 6 rings (SSSR count). The molecule has 2 aliphatic heterocycles. The number of thiophene rings is 1. The predicted octanol–water partition coefficient (Wildman–Crippen LogP) is 4.59. The minimum Gasteiger partial charge on any atom is -0.381 e. The third kappa shape index (κ3) is 5.31. The number of piperazine rings is 1. The minimum absolute atomic E-state index is 0.371. The Bertz CT molecular complexity index is 1500. The average molecular weight is 540 g/mol. The zero-order valence-corrected chi connectivity index (χ0v) is 22.8. The highest BCUT2D eigenvalue weighted by atomic mass is 32.2. The second kappa shape index (κ2) is 10.4. The van der Waals surface area contributed by atoms with Crippen LogP contribution in [0.1, 0.15) is 42.2 Å². The number of rotatable bonds is 5. The van der Waals surface area contributed by atoms with Gasteiger partial charge in [-0.2, -0.15) is 9.40 Å². The van der Waals surface area contributed by atoms with Crippen molar-refractivity contribution in [1.29, 1.82) is 0 Å². The second-order valence-corrected chi connectivity index (χ2v) is 13.3. The van der Waals surface area contributed by atoms with Gasteiger partial charge in [-0.15, -0.1) is 11.3 Å². The fourth-order valence-corrected chi connectivity index (χ4v) is 7.66. The number of nitrogens with one attached hydrogen (secondary N) is 1. The molecule has 1 unspecified atom stereocenters. The Hall–Kier alpha value is -2.37. The zero-order chi connectivity index (χ0) is 25.4. The van der Waals surface area contributed by atoms with Gasteiger partial charge in [0.2, 0.25) is 10.0 Å². The first kappa shape index (κ1) is 24.9. The van der Waals surface area contributed by atoms with E-state index >= 15 is 0 Å². The molecule has 0 aliphatic carbocycles. The van der Waals surface area contributed by atoms with Gasteiger partial charge >= 0.3 is 0 Å². The number of aromatic amines is 1. The SMILES string of the molecule is CS(=O)(=O)N1CCN(Cc2cc3cc(-c4cccc5[nH]ncc45)nc(C4CCCCOCC4)c3s2)CC1. The quantitative estimate of drug-likeness (QED) is 0.399. The van der Waals surface area contributed by atoms with E-state index in [1.165, 1.54) is 26.9 Å². The molecular formula is C27H33N5O3S2. The number of fused-ring (bicyclic) bond motifs is 2. The van der Waals surface area contributed by atoms with E-state index in [4.69, 9.17) is 9.72 Å². The molecule has 3 aromatic heterocycles. The van der Waals surface area contributed by atoms with Gasteiger partial charge in [-0.3, -0.25) is 15.0 Å². The lowest BCUT2D eigenvalue weighted by Crippen LogP contribution is -2.47. The Morgan fingerprint density at radius 3 is 2.81 bits per heavy atom. The van der Waals surface area contributed by atoms with Crippen molar-refractivity contribution in [3.8, 4) is 11.3 Å². The monoisotopic (exact) mass is 539 g/mol. The first-order valence-corrected chi connectivity index (χ1v) is 15.7. The molecule has 5 heterocycles. The molecule has 37 heavy (non-hydrogen) atoms. The molecule has 196 valence electrons. The van der Waals surface area contributed by atoms with Gasteiger partial charge in [0.05, 0.1) is 34.1 Å². The van der Waals surface area contributed by atoms with Crippen LogP contribution in [0.3, 0.4) is 0 Å². The average Bonchev–Trinajstić information content (AvgIpc) is 3.50. The lowest BCUT2D eigenvalue weighted by molar-refractivity contribution is 0.110. The van der Waals surface area contributed by atoms with Crippen molar-refractivity contribution in [2.45, 2.75) is 38.1 Å². The molecule has 1 aromatic carbocycles. The minimum atomic E-state index is -3.12. The van der Waals surface area contributed by atoms with Crippen LogP contribution < -0.4 is 0 Å². The highest BCUT2D eigenvalue weighted by Gasteiger charge is 2.25. The maximum absolute atomic E-state index is 11.9. The third-order valence-electron chi connectivity index (χ3n) is 7.61. The molecule has 10 heteroatoms. The molecule has 2 aliphatic rings. The molecule has 8 nitrogen and oxygen atoms in total. The van der Waals surface area contributed by atoms with Crippen LogP contribution in [0.4, 0.5) is 0 Å². The maximum Gasteiger partial charge on any atom is 0.211 e. The highest BCUT2D eigenvalue weighted by Crippen LogP contribution is 2.39. The standard InChI is InChI=1S/C27H33N5O3S2/c1-37(33,34)32-11-9-31(10-12-32)18-21-15-20-16-25(22-6-4-7-24-23(22)17-28-30-24)29-26(27(20)36-21)19-5-2-3-13-35-14-8-19/h4,6-7,15-17,19H,2-3,5,8-14,18H2,1H3,(H,28,30). The van der Waals surface area contributed by atoms with Crippen molar-refractivity contribution >= 4 is 42.3 Å². The molecule has 1 N–H and O–H groups in total. The van der Waals surface area contributed by atoms with Gasteiger partial charge in [-0.25, -0.2) is 8.42 Å². The fraction of sp³-hybridized carbons (Fsp3) is 0.481. The van der Waals surface area contributed by atoms with Gasteiger partial charge in [-0.1, -0.05) is 18.6 Å². The Balaban J connectivity index is 1.36. The normalized spacial score (nSPS) is 20.8. The Labute approximate surface area is 221 Å². The van der Waals surface area contributed by atoms with Crippen LogP contribution in [0.15, 0.2) is 36.5 Å². The molecule has 0 amide bonds. The van der Waals surface area contributed by atoms with Crippen LogP contribution in [0.25, 0.3) is 32.2 Å². The van der Waals surface area contributed by atoms with Crippen molar-refractivity contribution < 1.29 is 13.2 Å². The maximum atomic E-state index is 11.9. The summed E-state index contributed by atoms with van der Waals surface area (Å²) in [6, 6.07) is 10.8. The van der Waals surface area contributed by atoms with Crippen molar-refractivity contribution in [1.82, 2.24) is 24.4 Å². The lowest BCUT2D eigenvalue weighted by Gasteiger charge is -2.32. The van der Waals surface area contributed by atoms with E-state index < -0.39 is 10.0 Å². The van der Waals surface area contributed by atoms with E-state index in [0.29, 0.717) is 19.0 Å². The Kier molecular flexibility index (Phi) is 7.02. The molecular weight excluding hydrogens is 506 g/mol. The predicted molar refractivity (Wildman–Crippen MR) is 148 cm³/mol. The van der Waals surface area contributed by atoms with Crippen molar-refractivity contribution in [3.05, 3.63) is 47.1 Å². The number of aromatic nitrogens is 3. The van der Waals surface area contributed by atoms with E-state index in [2.05, 4.69) is 39.4 Å². The van der Waals surface area contributed by atoms with E-state index in [0.717, 1.165) is 80.7 Å². The second-order valence-electron chi connectivity index (χ2n) is 10.2. The molecule has 0 bridgehead atoms. The van der Waals surface area contributed by atoms with Gasteiger partial charge in [0.25, 0.3) is 0 Å². The van der Waals surface area contributed by atoms with Crippen LogP contribution in [-0.4, -0.2) is 78.5 Å². The summed E-state index contributed by atoms with van der Waals surface area (Å²) in [4.78, 5) is 8.98. The Morgan fingerprint density at radius 2 is 1.97 bits per heavy atom. The highest BCUT2D eigenvalue weighted by molar-refractivity contribution is 7.88. The first-order chi connectivity index (χ1) is 18.0. The van der Waals surface area contributed by atoms with Gasteiger partial charge in [0.15, 0.2) is 0 Å². The van der Waals surface area contributed by atoms with Crippen LogP contribution >= 0.6 is 11.3 Å². The van der Waals surface area contributed by atoms with E-state index in [9.17, 15) is 8.42 Å². The summed E-state index contributed by atoms with van der Waals surface area (Å²) in [5, 5.41) is 9.66. The number of hydrogen-bond acceptors (Lipinski definition) is 7. The molecule has 1 atom stereocenters. The molecule has 0 spiro atoms. The number of H-pyrrole nitrogens is 1. The van der Waals surface area contributed by atoms with Crippen molar-refractivity contribution in [2.75, 3.05) is 45.6 Å².